The zero-order valence-corrected chi connectivity index (χ0v) is 20.7. The number of amides is 1. The molecule has 1 aliphatic carbocycles. The third kappa shape index (κ3) is 5.19. The van der Waals surface area contributed by atoms with Crippen LogP contribution < -0.4 is 0 Å². The van der Waals surface area contributed by atoms with Crippen LogP contribution in [0.5, 0.6) is 0 Å². The van der Waals surface area contributed by atoms with Gasteiger partial charge in [-0.1, -0.05) is 43.0 Å². The molecule has 1 saturated carbocycles. The second kappa shape index (κ2) is 11.4. The van der Waals surface area contributed by atoms with E-state index in [2.05, 4.69) is 4.98 Å². The first-order valence-electron chi connectivity index (χ1n) is 12.1. The zero-order chi connectivity index (χ0) is 24.9. The molecule has 186 valence electrons. The number of nitrogens with zero attached hydrogens (tertiary/aromatic N) is 3. The highest BCUT2D eigenvalue weighted by molar-refractivity contribution is 6.29. The molecule has 2 aliphatic rings. The average Bonchev–Trinajstić information content (AvgIpc) is 3.18. The fraction of sp³-hybridized carbons (Fsp3) is 0.444. The maximum absolute atomic E-state index is 13.8. The number of carbonyl (C=O) groups is 1. The summed E-state index contributed by atoms with van der Waals surface area (Å²) in [6.07, 6.45) is 8.88. The Morgan fingerprint density at radius 3 is 2.60 bits per heavy atom. The minimum Gasteiger partial charge on any atom is -0.400 e. The van der Waals surface area contributed by atoms with E-state index in [1.165, 1.54) is 6.42 Å². The highest BCUT2D eigenvalue weighted by Gasteiger charge is 2.43. The van der Waals surface area contributed by atoms with E-state index < -0.39 is 6.10 Å². The molecule has 1 fully saturated rings. The lowest BCUT2D eigenvalue weighted by Crippen LogP contribution is -2.40. The molecule has 3 heterocycles. The van der Waals surface area contributed by atoms with E-state index in [-0.39, 0.29) is 24.6 Å². The number of fused-ring (bicyclic) bond motifs is 3. The number of rotatable bonds is 6. The van der Waals surface area contributed by atoms with Gasteiger partial charge in [-0.15, -0.1) is 0 Å². The van der Waals surface area contributed by atoms with E-state index in [9.17, 15) is 15.0 Å². The van der Waals surface area contributed by atoms with Crippen LogP contribution in [-0.2, 0) is 6.42 Å². The first-order chi connectivity index (χ1) is 17.1. The lowest BCUT2D eigenvalue weighted by atomic mass is 9.90. The molecule has 7 nitrogen and oxygen atoms in total. The van der Waals surface area contributed by atoms with Gasteiger partial charge in [-0.3, -0.25) is 9.78 Å². The Hall–Kier alpha value is -2.58. The second-order valence-corrected chi connectivity index (χ2v) is 9.54. The van der Waals surface area contributed by atoms with Crippen LogP contribution >= 0.6 is 11.6 Å². The fourth-order valence-electron chi connectivity index (χ4n) is 5.49. The molecule has 3 aromatic rings. The van der Waals surface area contributed by atoms with Crippen molar-refractivity contribution in [3.8, 4) is 0 Å². The quantitative estimate of drug-likeness (QED) is 0.443. The van der Waals surface area contributed by atoms with Gasteiger partial charge in [0, 0.05) is 48.5 Å². The Kier molecular flexibility index (Phi) is 8.34. The third-order valence-corrected chi connectivity index (χ3v) is 7.23. The molecule has 2 aromatic heterocycles. The lowest BCUT2D eigenvalue weighted by Gasteiger charge is -2.36. The van der Waals surface area contributed by atoms with Crippen LogP contribution in [0.15, 0.2) is 42.7 Å². The Bertz CT molecular complexity index is 1170. The summed E-state index contributed by atoms with van der Waals surface area (Å²) in [6.45, 7) is -0.328. The number of aromatic nitrogens is 2. The molecular formula is C27H32ClN3O4. The summed E-state index contributed by atoms with van der Waals surface area (Å²) in [5.41, 5.74) is 4.37. The molecule has 3 N–H and O–H groups in total. The molecule has 0 radical (unpaired) electrons. The maximum Gasteiger partial charge on any atom is 0.255 e. The lowest BCUT2D eigenvalue weighted by molar-refractivity contribution is 0.0343. The summed E-state index contributed by atoms with van der Waals surface area (Å²) in [6, 6.07) is 9.52. The summed E-state index contributed by atoms with van der Waals surface area (Å²) >= 11 is 5.96. The molecule has 1 amide bonds. The number of carbonyl (C=O) groups excluding carboxylic acids is 1. The van der Waals surface area contributed by atoms with Gasteiger partial charge in [-0.05, 0) is 48.6 Å². The van der Waals surface area contributed by atoms with Gasteiger partial charge in [-0.25, -0.2) is 4.98 Å². The molecule has 0 spiro atoms. The third-order valence-electron chi connectivity index (χ3n) is 7.01. The van der Waals surface area contributed by atoms with Crippen molar-refractivity contribution >= 4 is 28.4 Å². The SMILES string of the molecule is CO.O=C1c2cc(Cc3ccc(Cl)nc3)c3cccnc3c2C(CC(O)CO)N1C1CCCCC1. The van der Waals surface area contributed by atoms with Crippen molar-refractivity contribution in [3.63, 3.8) is 0 Å². The Morgan fingerprint density at radius 1 is 1.14 bits per heavy atom. The number of halogens is 1. The molecule has 5 rings (SSSR count). The van der Waals surface area contributed by atoms with E-state index in [4.69, 9.17) is 21.7 Å². The Morgan fingerprint density at radius 2 is 1.91 bits per heavy atom. The van der Waals surface area contributed by atoms with Crippen molar-refractivity contribution in [2.45, 2.75) is 63.1 Å². The van der Waals surface area contributed by atoms with E-state index in [1.54, 1.807) is 18.5 Å². The smallest absolute Gasteiger partial charge is 0.255 e. The van der Waals surface area contributed by atoms with Crippen LogP contribution in [0.25, 0.3) is 10.9 Å². The van der Waals surface area contributed by atoms with Gasteiger partial charge >= 0.3 is 0 Å². The minimum atomic E-state index is -0.890. The topological polar surface area (TPSA) is 107 Å². The molecule has 35 heavy (non-hydrogen) atoms. The summed E-state index contributed by atoms with van der Waals surface area (Å²) in [5.74, 6) is 0.00933. The van der Waals surface area contributed by atoms with Crippen LogP contribution in [0, 0.1) is 0 Å². The molecular weight excluding hydrogens is 466 g/mol. The number of pyridine rings is 2. The fourth-order valence-corrected chi connectivity index (χ4v) is 5.60. The van der Waals surface area contributed by atoms with E-state index in [1.807, 2.05) is 29.2 Å². The van der Waals surface area contributed by atoms with Gasteiger partial charge in [0.05, 0.1) is 24.3 Å². The van der Waals surface area contributed by atoms with Gasteiger partial charge < -0.3 is 20.2 Å². The Labute approximate surface area is 210 Å². The first-order valence-corrected chi connectivity index (χ1v) is 12.5. The normalized spacial score (nSPS) is 18.8. The summed E-state index contributed by atoms with van der Waals surface area (Å²) in [5, 5.41) is 28.4. The maximum atomic E-state index is 13.8. The predicted molar refractivity (Wildman–Crippen MR) is 135 cm³/mol. The number of hydrogen-bond donors (Lipinski definition) is 3. The number of aliphatic hydroxyl groups excluding tert-OH is 3. The van der Waals surface area contributed by atoms with E-state index >= 15 is 0 Å². The van der Waals surface area contributed by atoms with Crippen LogP contribution in [0.1, 0.15) is 71.6 Å². The van der Waals surface area contributed by atoms with Gasteiger partial charge in [0.1, 0.15) is 5.15 Å². The predicted octanol–water partition coefficient (Wildman–Crippen LogP) is 4.06. The highest BCUT2D eigenvalue weighted by atomic mass is 35.5. The van der Waals surface area contributed by atoms with Gasteiger partial charge in [0.15, 0.2) is 0 Å². The highest BCUT2D eigenvalue weighted by Crippen LogP contribution is 2.45. The van der Waals surface area contributed by atoms with Crippen molar-refractivity contribution in [2.75, 3.05) is 13.7 Å². The Balaban J connectivity index is 0.00000141. The molecule has 0 bridgehead atoms. The van der Waals surface area contributed by atoms with Crippen LogP contribution in [0.2, 0.25) is 5.15 Å². The molecule has 1 aromatic carbocycles. The van der Waals surface area contributed by atoms with Crippen molar-refractivity contribution in [1.82, 2.24) is 14.9 Å². The molecule has 2 unspecified atom stereocenters. The van der Waals surface area contributed by atoms with Gasteiger partial charge in [-0.2, -0.15) is 0 Å². The van der Waals surface area contributed by atoms with Crippen molar-refractivity contribution in [2.24, 2.45) is 0 Å². The van der Waals surface area contributed by atoms with E-state index in [0.29, 0.717) is 23.6 Å². The van der Waals surface area contributed by atoms with Crippen LogP contribution in [0.4, 0.5) is 0 Å². The van der Waals surface area contributed by atoms with Gasteiger partial charge in [0.25, 0.3) is 5.91 Å². The molecule has 2 atom stereocenters. The van der Waals surface area contributed by atoms with Crippen molar-refractivity contribution in [3.05, 3.63) is 70.1 Å². The zero-order valence-electron chi connectivity index (χ0n) is 19.9. The van der Waals surface area contributed by atoms with E-state index in [0.717, 1.165) is 60.4 Å². The van der Waals surface area contributed by atoms with Gasteiger partial charge in [0.2, 0.25) is 0 Å². The monoisotopic (exact) mass is 497 g/mol. The average molecular weight is 498 g/mol. The summed E-state index contributed by atoms with van der Waals surface area (Å²) in [7, 11) is 1.00. The molecule has 1 aliphatic heterocycles. The van der Waals surface area contributed by atoms with Crippen LogP contribution in [0.3, 0.4) is 0 Å². The van der Waals surface area contributed by atoms with Crippen molar-refractivity contribution < 1.29 is 20.1 Å². The largest absolute Gasteiger partial charge is 0.400 e. The summed E-state index contributed by atoms with van der Waals surface area (Å²) in [4.78, 5) is 24.7. The summed E-state index contributed by atoms with van der Waals surface area (Å²) < 4.78 is 0. The number of hydrogen-bond acceptors (Lipinski definition) is 6. The molecule has 8 heteroatoms. The van der Waals surface area contributed by atoms with Crippen molar-refractivity contribution in [1.29, 1.82) is 0 Å². The first kappa shape index (κ1) is 25.5. The standard InChI is InChI=1S/C26H28ClN3O3.CH4O/c27-23-9-8-16(14-29-23)11-17-12-21-24(25-20(17)7-4-10-28-25)22(13-19(32)15-31)30(26(21)33)18-5-2-1-3-6-18;1-2/h4,7-10,12,14,18-19,22,31-32H,1-3,5-6,11,13,15H2;2H,1H3. The minimum absolute atomic E-state index is 0.00933. The number of aliphatic hydroxyl groups is 3. The second-order valence-electron chi connectivity index (χ2n) is 9.15. The molecule has 0 saturated heterocycles. The van der Waals surface area contributed by atoms with Crippen LogP contribution in [-0.4, -0.2) is 62.0 Å². The number of benzene rings is 1.